The number of pyridine rings is 1. The summed E-state index contributed by atoms with van der Waals surface area (Å²) >= 11 is 0. The predicted octanol–water partition coefficient (Wildman–Crippen LogP) is 3.52. The van der Waals surface area contributed by atoms with Crippen molar-refractivity contribution in [2.24, 2.45) is 22.7 Å². The van der Waals surface area contributed by atoms with E-state index in [9.17, 15) is 9.59 Å². The summed E-state index contributed by atoms with van der Waals surface area (Å²) in [6.07, 6.45) is 6.33. The Morgan fingerprint density at radius 2 is 1.97 bits per heavy atom. The third-order valence-corrected chi connectivity index (χ3v) is 8.86. The Morgan fingerprint density at radius 1 is 1.18 bits per heavy atom. The summed E-state index contributed by atoms with van der Waals surface area (Å²) in [5.41, 5.74) is 3.42. The topological polar surface area (TPSA) is 78.7 Å². The Morgan fingerprint density at radius 3 is 2.74 bits per heavy atom. The number of carbonyl (C=O) groups is 2. The van der Waals surface area contributed by atoms with Crippen molar-refractivity contribution in [2.45, 2.75) is 46.5 Å². The number of amides is 2. The molecule has 0 saturated heterocycles. The molecule has 2 bridgehead atoms. The summed E-state index contributed by atoms with van der Waals surface area (Å²) in [4.78, 5) is 32.6. The molecule has 4 atom stereocenters. The van der Waals surface area contributed by atoms with Crippen LogP contribution in [0, 0.1) is 22.7 Å². The fourth-order valence-corrected chi connectivity index (χ4v) is 6.66. The maximum Gasteiger partial charge on any atom is 0.271 e. The van der Waals surface area contributed by atoms with E-state index in [4.69, 9.17) is 0 Å². The average molecular weight is 464 g/mol. The molecule has 3 saturated carbocycles. The van der Waals surface area contributed by atoms with E-state index in [1.807, 2.05) is 12.1 Å². The Hall–Kier alpha value is -2.67. The minimum absolute atomic E-state index is 0.121. The van der Waals surface area contributed by atoms with E-state index in [2.05, 4.69) is 47.9 Å². The second-order valence-electron chi connectivity index (χ2n) is 10.9. The molecule has 3 aliphatic rings. The highest BCUT2D eigenvalue weighted by Gasteiger charge is 2.65. The lowest BCUT2D eigenvalue weighted by molar-refractivity contribution is 0.0896. The van der Waals surface area contributed by atoms with Crippen molar-refractivity contribution in [2.75, 3.05) is 32.7 Å². The maximum atomic E-state index is 13.2. The lowest BCUT2D eigenvalue weighted by atomic mass is 9.71. The Bertz CT molecular complexity index is 1140. The van der Waals surface area contributed by atoms with Crippen molar-refractivity contribution in [1.82, 2.24) is 24.9 Å². The van der Waals surface area contributed by atoms with Gasteiger partial charge < -0.3 is 15.5 Å². The largest absolute Gasteiger partial charge is 0.350 e. The van der Waals surface area contributed by atoms with Crippen LogP contribution in [0.2, 0.25) is 0 Å². The molecule has 2 aromatic heterocycles. The van der Waals surface area contributed by atoms with Gasteiger partial charge in [0.25, 0.3) is 11.8 Å². The van der Waals surface area contributed by atoms with E-state index in [1.54, 1.807) is 16.7 Å². The zero-order valence-corrected chi connectivity index (χ0v) is 20.7. The molecule has 34 heavy (non-hydrogen) atoms. The lowest BCUT2D eigenvalue weighted by Gasteiger charge is -2.35. The normalized spacial score (nSPS) is 29.4. The number of rotatable bonds is 9. The molecule has 182 valence electrons. The van der Waals surface area contributed by atoms with E-state index < -0.39 is 0 Å². The smallest absolute Gasteiger partial charge is 0.271 e. The zero-order chi connectivity index (χ0) is 24.1. The SMILES string of the molecule is C=C1CC2(CNC(=O)c3cccc4nc(C(=O)NCCN(CC)CC)cn34)CC3CC3(C)C1C2. The number of hydrogen-bond donors (Lipinski definition) is 2. The van der Waals surface area contributed by atoms with Gasteiger partial charge >= 0.3 is 0 Å². The molecular formula is C27H37N5O2. The minimum atomic E-state index is -0.216. The molecule has 2 aromatic rings. The van der Waals surface area contributed by atoms with E-state index in [-0.39, 0.29) is 17.2 Å². The van der Waals surface area contributed by atoms with Gasteiger partial charge in [0.05, 0.1) is 0 Å². The van der Waals surface area contributed by atoms with Crippen LogP contribution >= 0.6 is 0 Å². The summed E-state index contributed by atoms with van der Waals surface area (Å²) in [7, 11) is 0. The quantitative estimate of drug-likeness (QED) is 0.558. The number of carbonyl (C=O) groups excluding carboxylic acids is 2. The Labute approximate surface area is 202 Å². The molecule has 3 fully saturated rings. The number of fused-ring (bicyclic) bond motifs is 5. The van der Waals surface area contributed by atoms with Gasteiger partial charge in [0.1, 0.15) is 17.0 Å². The summed E-state index contributed by atoms with van der Waals surface area (Å²) in [5, 5.41) is 6.16. The molecule has 7 nitrogen and oxygen atoms in total. The minimum Gasteiger partial charge on any atom is -0.350 e. The molecule has 2 heterocycles. The van der Waals surface area contributed by atoms with Crippen molar-refractivity contribution >= 4 is 17.5 Å². The van der Waals surface area contributed by atoms with Crippen molar-refractivity contribution in [3.63, 3.8) is 0 Å². The number of imidazole rings is 1. The summed E-state index contributed by atoms with van der Waals surface area (Å²) in [5.74, 6) is 1.06. The Balaban J connectivity index is 1.25. The standard InChI is InChI=1S/C27H37N5O2/c1-5-31(6-2)11-10-28-24(33)21-16-32-22(8-7-9-23(32)30-21)25(34)29-17-27-12-18(3)20(15-27)26(4)13-19(26)14-27/h7-9,16,19-20H,3,5-6,10-15,17H2,1-2,4H3,(H,28,33)(H,29,34). The lowest BCUT2D eigenvalue weighted by Crippen LogP contribution is -2.39. The van der Waals surface area contributed by atoms with E-state index in [0.717, 1.165) is 38.4 Å². The van der Waals surface area contributed by atoms with Crippen LogP contribution in [0.1, 0.15) is 67.4 Å². The molecule has 2 amide bonds. The van der Waals surface area contributed by atoms with Gasteiger partial charge in [-0.25, -0.2) is 4.98 Å². The molecule has 3 aliphatic carbocycles. The monoisotopic (exact) mass is 463 g/mol. The molecule has 7 heteroatoms. The molecule has 0 aromatic carbocycles. The van der Waals surface area contributed by atoms with Gasteiger partial charge in [-0.2, -0.15) is 0 Å². The predicted molar refractivity (Wildman–Crippen MR) is 133 cm³/mol. The number of nitrogens with zero attached hydrogens (tertiary/aromatic N) is 3. The van der Waals surface area contributed by atoms with Crippen molar-refractivity contribution < 1.29 is 9.59 Å². The van der Waals surface area contributed by atoms with Crippen LogP contribution in [-0.2, 0) is 0 Å². The van der Waals surface area contributed by atoms with Crippen molar-refractivity contribution in [3.8, 4) is 0 Å². The average Bonchev–Trinajstić information content (AvgIpc) is 3.17. The van der Waals surface area contributed by atoms with Crippen molar-refractivity contribution in [1.29, 1.82) is 0 Å². The van der Waals surface area contributed by atoms with Gasteiger partial charge in [0, 0.05) is 25.8 Å². The second-order valence-corrected chi connectivity index (χ2v) is 10.9. The molecule has 0 aliphatic heterocycles. The first-order chi connectivity index (χ1) is 16.3. The summed E-state index contributed by atoms with van der Waals surface area (Å²) in [6, 6.07) is 5.43. The van der Waals surface area contributed by atoms with Gasteiger partial charge in [0.15, 0.2) is 0 Å². The number of nitrogens with one attached hydrogen (secondary N) is 2. The first kappa shape index (κ1) is 23.1. The number of hydrogen-bond acceptors (Lipinski definition) is 4. The van der Waals surface area contributed by atoms with E-state index >= 15 is 0 Å². The van der Waals surface area contributed by atoms with Crippen LogP contribution in [0.5, 0.6) is 0 Å². The van der Waals surface area contributed by atoms with Crippen LogP contribution in [0.15, 0.2) is 36.5 Å². The second kappa shape index (κ2) is 8.52. The van der Waals surface area contributed by atoms with E-state index in [1.165, 1.54) is 18.4 Å². The highest BCUT2D eigenvalue weighted by molar-refractivity contribution is 5.95. The fraction of sp³-hybridized carbons (Fsp3) is 0.593. The first-order valence-corrected chi connectivity index (χ1v) is 12.7. The molecule has 0 spiro atoms. The van der Waals surface area contributed by atoms with Crippen molar-refractivity contribution in [3.05, 3.63) is 47.9 Å². The molecule has 4 unspecified atom stereocenters. The fourth-order valence-electron chi connectivity index (χ4n) is 6.66. The molecule has 0 radical (unpaired) electrons. The highest BCUT2D eigenvalue weighted by atomic mass is 16.2. The maximum absolute atomic E-state index is 13.2. The molecular weight excluding hydrogens is 426 g/mol. The molecule has 5 rings (SSSR count). The van der Waals surface area contributed by atoms with Crippen LogP contribution in [0.4, 0.5) is 0 Å². The van der Waals surface area contributed by atoms with Crippen LogP contribution in [-0.4, -0.2) is 58.8 Å². The summed E-state index contributed by atoms with van der Waals surface area (Å²) < 4.78 is 1.72. The third kappa shape index (κ3) is 3.94. The van der Waals surface area contributed by atoms with Crippen LogP contribution in [0.25, 0.3) is 5.65 Å². The van der Waals surface area contributed by atoms with Gasteiger partial charge in [-0.1, -0.05) is 39.0 Å². The Kier molecular flexibility index (Phi) is 5.79. The van der Waals surface area contributed by atoms with Gasteiger partial charge in [-0.05, 0) is 73.6 Å². The number of likely N-dealkylation sites (N-methyl/N-ethyl adjacent to an activating group) is 1. The first-order valence-electron chi connectivity index (χ1n) is 12.7. The zero-order valence-electron chi connectivity index (χ0n) is 20.7. The summed E-state index contributed by atoms with van der Waals surface area (Å²) in [6.45, 7) is 15.0. The number of aromatic nitrogens is 2. The number of allylic oxidation sites excluding steroid dienone is 1. The van der Waals surface area contributed by atoms with Gasteiger partial charge in [-0.15, -0.1) is 0 Å². The van der Waals surface area contributed by atoms with E-state index in [0.29, 0.717) is 41.5 Å². The highest BCUT2D eigenvalue weighted by Crippen LogP contribution is 2.73. The van der Waals surface area contributed by atoms with Crippen LogP contribution < -0.4 is 10.6 Å². The third-order valence-electron chi connectivity index (χ3n) is 8.86. The van der Waals surface area contributed by atoms with Crippen LogP contribution in [0.3, 0.4) is 0 Å². The van der Waals surface area contributed by atoms with Gasteiger partial charge in [0.2, 0.25) is 0 Å². The molecule has 2 N–H and O–H groups in total. The van der Waals surface area contributed by atoms with Gasteiger partial charge in [-0.3, -0.25) is 14.0 Å².